The van der Waals surface area contributed by atoms with E-state index in [0.717, 1.165) is 11.1 Å². The van der Waals surface area contributed by atoms with Crippen LogP contribution in [0, 0.1) is 5.82 Å². The number of hydrogen-bond acceptors (Lipinski definition) is 3. The van der Waals surface area contributed by atoms with E-state index in [1.165, 1.54) is 17.0 Å². The van der Waals surface area contributed by atoms with Crippen LogP contribution in [0.5, 0.6) is 0 Å². The standard InChI is InChI=1S/C13H13FN2O3/c14-9-1-2-10-11(7-9)19-15-12(10)8-3-5-16(6-4-8)13(17)18/h1-2,7-8H,3-6H2,(H,17,18). The van der Waals surface area contributed by atoms with Gasteiger partial charge in [0.15, 0.2) is 5.58 Å². The van der Waals surface area contributed by atoms with E-state index >= 15 is 0 Å². The third-order valence-corrected chi connectivity index (χ3v) is 3.61. The van der Waals surface area contributed by atoms with Crippen molar-refractivity contribution in [2.75, 3.05) is 13.1 Å². The van der Waals surface area contributed by atoms with Gasteiger partial charge >= 0.3 is 6.09 Å². The molecule has 2 aromatic rings. The molecule has 1 amide bonds. The molecule has 1 aliphatic heterocycles. The van der Waals surface area contributed by atoms with Gasteiger partial charge in [-0.1, -0.05) is 5.16 Å². The predicted octanol–water partition coefficient (Wildman–Crippen LogP) is 2.82. The number of likely N-dealkylation sites (tertiary alicyclic amines) is 1. The molecular formula is C13H13FN2O3. The van der Waals surface area contributed by atoms with Crippen LogP contribution in [0.3, 0.4) is 0 Å². The van der Waals surface area contributed by atoms with Crippen molar-refractivity contribution in [3.8, 4) is 0 Å². The first-order valence-corrected chi connectivity index (χ1v) is 6.18. The summed E-state index contributed by atoms with van der Waals surface area (Å²) in [4.78, 5) is 12.2. The highest BCUT2D eigenvalue weighted by atomic mass is 19.1. The van der Waals surface area contributed by atoms with E-state index in [2.05, 4.69) is 5.16 Å². The van der Waals surface area contributed by atoms with E-state index < -0.39 is 6.09 Å². The Labute approximate surface area is 108 Å². The highest BCUT2D eigenvalue weighted by molar-refractivity contribution is 5.80. The molecule has 1 aromatic heterocycles. The molecule has 0 saturated carbocycles. The summed E-state index contributed by atoms with van der Waals surface area (Å²) < 4.78 is 18.2. The zero-order chi connectivity index (χ0) is 13.4. The van der Waals surface area contributed by atoms with E-state index in [9.17, 15) is 9.18 Å². The molecule has 6 heteroatoms. The van der Waals surface area contributed by atoms with Gasteiger partial charge in [0.1, 0.15) is 5.82 Å². The van der Waals surface area contributed by atoms with Gasteiger partial charge in [-0.15, -0.1) is 0 Å². The molecule has 0 unspecified atom stereocenters. The summed E-state index contributed by atoms with van der Waals surface area (Å²) in [6, 6.07) is 4.37. The number of nitrogens with zero attached hydrogens (tertiary/aromatic N) is 2. The van der Waals surface area contributed by atoms with Crippen molar-refractivity contribution in [2.45, 2.75) is 18.8 Å². The molecule has 0 aliphatic carbocycles. The van der Waals surface area contributed by atoms with E-state index in [4.69, 9.17) is 9.63 Å². The normalized spacial score (nSPS) is 17.0. The fourth-order valence-corrected chi connectivity index (χ4v) is 2.57. The number of carbonyl (C=O) groups is 1. The quantitative estimate of drug-likeness (QED) is 0.860. The van der Waals surface area contributed by atoms with Crippen molar-refractivity contribution in [3.63, 3.8) is 0 Å². The molecule has 19 heavy (non-hydrogen) atoms. The maximum atomic E-state index is 13.1. The molecule has 1 aliphatic rings. The second-order valence-electron chi connectivity index (χ2n) is 4.75. The SMILES string of the molecule is O=C(O)N1CCC(c2noc3cc(F)ccc23)CC1. The topological polar surface area (TPSA) is 66.6 Å². The zero-order valence-corrected chi connectivity index (χ0v) is 10.2. The third kappa shape index (κ3) is 2.14. The van der Waals surface area contributed by atoms with Crippen molar-refractivity contribution in [3.05, 3.63) is 29.7 Å². The number of amides is 1. The lowest BCUT2D eigenvalue weighted by molar-refractivity contribution is 0.131. The molecule has 5 nitrogen and oxygen atoms in total. The maximum Gasteiger partial charge on any atom is 0.407 e. The Hall–Kier alpha value is -2.11. The van der Waals surface area contributed by atoms with Gasteiger partial charge in [-0.3, -0.25) is 0 Å². The first-order chi connectivity index (χ1) is 9.15. The number of hydrogen-bond donors (Lipinski definition) is 1. The Morgan fingerprint density at radius 3 is 2.84 bits per heavy atom. The average Bonchev–Trinajstić information content (AvgIpc) is 2.81. The lowest BCUT2D eigenvalue weighted by atomic mass is 9.92. The van der Waals surface area contributed by atoms with Crippen LogP contribution < -0.4 is 0 Å². The Morgan fingerprint density at radius 2 is 2.16 bits per heavy atom. The number of aromatic nitrogens is 1. The molecule has 1 aromatic carbocycles. The zero-order valence-electron chi connectivity index (χ0n) is 10.2. The fourth-order valence-electron chi connectivity index (χ4n) is 2.57. The summed E-state index contributed by atoms with van der Waals surface area (Å²) in [5.41, 5.74) is 1.25. The van der Waals surface area contributed by atoms with Crippen LogP contribution >= 0.6 is 0 Å². The fraction of sp³-hybridized carbons (Fsp3) is 0.385. The van der Waals surface area contributed by atoms with E-state index in [-0.39, 0.29) is 11.7 Å². The van der Waals surface area contributed by atoms with E-state index in [1.807, 2.05) is 0 Å². The van der Waals surface area contributed by atoms with Crippen molar-refractivity contribution < 1.29 is 18.8 Å². The van der Waals surface area contributed by atoms with Gasteiger partial charge in [0.05, 0.1) is 5.69 Å². The average molecular weight is 264 g/mol. The Morgan fingerprint density at radius 1 is 1.42 bits per heavy atom. The number of benzene rings is 1. The van der Waals surface area contributed by atoms with Crippen molar-refractivity contribution in [2.24, 2.45) is 0 Å². The van der Waals surface area contributed by atoms with Gasteiger partial charge in [0, 0.05) is 30.5 Å². The first kappa shape index (κ1) is 12.0. The van der Waals surface area contributed by atoms with Crippen LogP contribution in [-0.4, -0.2) is 34.3 Å². The molecule has 100 valence electrons. The number of rotatable bonds is 1. The van der Waals surface area contributed by atoms with Crippen molar-refractivity contribution in [1.29, 1.82) is 0 Å². The molecule has 2 heterocycles. The number of halogens is 1. The molecule has 0 bridgehead atoms. The monoisotopic (exact) mass is 264 g/mol. The van der Waals surface area contributed by atoms with Crippen LogP contribution in [-0.2, 0) is 0 Å². The third-order valence-electron chi connectivity index (χ3n) is 3.61. The van der Waals surface area contributed by atoms with Gasteiger partial charge in [0.2, 0.25) is 0 Å². The molecule has 1 fully saturated rings. The minimum absolute atomic E-state index is 0.169. The minimum Gasteiger partial charge on any atom is -0.465 e. The smallest absolute Gasteiger partial charge is 0.407 e. The van der Waals surface area contributed by atoms with Crippen molar-refractivity contribution >= 4 is 17.1 Å². The largest absolute Gasteiger partial charge is 0.465 e. The maximum absolute atomic E-state index is 13.1. The van der Waals surface area contributed by atoms with E-state index in [1.54, 1.807) is 6.07 Å². The Kier molecular flexibility index (Phi) is 2.85. The molecule has 3 rings (SSSR count). The minimum atomic E-state index is -0.884. The summed E-state index contributed by atoms with van der Waals surface area (Å²) in [5, 5.41) is 13.7. The lowest BCUT2D eigenvalue weighted by Crippen LogP contribution is -2.36. The second-order valence-corrected chi connectivity index (χ2v) is 4.75. The van der Waals surface area contributed by atoms with Crippen LogP contribution in [0.2, 0.25) is 0 Å². The van der Waals surface area contributed by atoms with Crippen LogP contribution in [0.15, 0.2) is 22.7 Å². The van der Waals surface area contributed by atoms with E-state index in [0.29, 0.717) is 31.5 Å². The predicted molar refractivity (Wildman–Crippen MR) is 65.5 cm³/mol. The van der Waals surface area contributed by atoms with Crippen LogP contribution in [0.1, 0.15) is 24.5 Å². The van der Waals surface area contributed by atoms with Gasteiger partial charge in [-0.2, -0.15) is 0 Å². The summed E-state index contributed by atoms with van der Waals surface area (Å²) in [7, 11) is 0. The molecule has 1 N–H and O–H groups in total. The molecule has 1 saturated heterocycles. The summed E-state index contributed by atoms with van der Waals surface area (Å²) in [6.07, 6.45) is 0.543. The molecule has 0 spiro atoms. The van der Waals surface area contributed by atoms with Gasteiger partial charge in [-0.25, -0.2) is 9.18 Å². The number of carboxylic acid groups (broad SMARTS) is 1. The summed E-state index contributed by atoms with van der Waals surface area (Å²) in [6.45, 7) is 0.991. The van der Waals surface area contributed by atoms with Crippen molar-refractivity contribution in [1.82, 2.24) is 10.1 Å². The molecule has 0 radical (unpaired) electrons. The first-order valence-electron chi connectivity index (χ1n) is 6.18. The van der Waals surface area contributed by atoms with Crippen LogP contribution in [0.25, 0.3) is 11.0 Å². The summed E-state index contributed by atoms with van der Waals surface area (Å²) in [5.74, 6) is -0.182. The highest BCUT2D eigenvalue weighted by Gasteiger charge is 2.26. The van der Waals surface area contributed by atoms with Gasteiger partial charge in [-0.05, 0) is 25.0 Å². The van der Waals surface area contributed by atoms with Gasteiger partial charge < -0.3 is 14.5 Å². The Bertz CT molecular complexity index is 617. The number of piperidine rings is 1. The van der Waals surface area contributed by atoms with Crippen LogP contribution in [0.4, 0.5) is 9.18 Å². The van der Waals surface area contributed by atoms with Gasteiger partial charge in [0.25, 0.3) is 0 Å². The highest BCUT2D eigenvalue weighted by Crippen LogP contribution is 2.32. The molecular weight excluding hydrogens is 251 g/mol. The molecule has 0 atom stereocenters. The Balaban J connectivity index is 1.84. The lowest BCUT2D eigenvalue weighted by Gasteiger charge is -2.28. The second kappa shape index (κ2) is 4.53. The number of fused-ring (bicyclic) bond motifs is 1. The summed E-state index contributed by atoms with van der Waals surface area (Å²) >= 11 is 0.